The molecule has 4 atom stereocenters. The van der Waals surface area contributed by atoms with Crippen molar-refractivity contribution in [3.63, 3.8) is 0 Å². The Hall–Kier alpha value is 0.250. The van der Waals surface area contributed by atoms with Gasteiger partial charge >= 0.3 is 0 Å². The van der Waals surface area contributed by atoms with Crippen molar-refractivity contribution in [3.8, 4) is 0 Å². The zero-order chi connectivity index (χ0) is 10.7. The van der Waals surface area contributed by atoms with E-state index in [1.54, 1.807) is 0 Å². The molecule has 88 valence electrons. The van der Waals surface area contributed by atoms with Crippen LogP contribution in [-0.2, 0) is 0 Å². The fraction of sp³-hybridized carbons (Fsp3) is 1.00. The molecule has 2 saturated carbocycles. The summed E-state index contributed by atoms with van der Waals surface area (Å²) in [6.45, 7) is 4.50. The standard InChI is InChI=1S/C13H24ClN/c1-10(14)3-2-6-15-9-13-8-11-4-5-12(13)7-11/h10-13,15H,2-9H2,1H3. The van der Waals surface area contributed by atoms with Crippen LogP contribution in [0.25, 0.3) is 0 Å². The average molecular weight is 230 g/mol. The summed E-state index contributed by atoms with van der Waals surface area (Å²) in [4.78, 5) is 0. The van der Waals surface area contributed by atoms with Gasteiger partial charge in [-0.15, -0.1) is 11.6 Å². The molecule has 0 spiro atoms. The van der Waals surface area contributed by atoms with Crippen molar-refractivity contribution < 1.29 is 0 Å². The lowest BCUT2D eigenvalue weighted by Gasteiger charge is -2.21. The van der Waals surface area contributed by atoms with Crippen LogP contribution in [0.15, 0.2) is 0 Å². The molecule has 2 aliphatic rings. The van der Waals surface area contributed by atoms with Gasteiger partial charge in [-0.25, -0.2) is 0 Å². The summed E-state index contributed by atoms with van der Waals surface area (Å²) in [5, 5.41) is 3.95. The molecule has 0 heterocycles. The smallest absolute Gasteiger partial charge is 0.0308 e. The minimum Gasteiger partial charge on any atom is -0.316 e. The van der Waals surface area contributed by atoms with Crippen LogP contribution < -0.4 is 5.32 Å². The number of halogens is 1. The summed E-state index contributed by atoms with van der Waals surface area (Å²) < 4.78 is 0. The van der Waals surface area contributed by atoms with E-state index in [4.69, 9.17) is 11.6 Å². The monoisotopic (exact) mass is 229 g/mol. The number of hydrogen-bond donors (Lipinski definition) is 1. The first-order valence-corrected chi connectivity index (χ1v) is 7.04. The lowest BCUT2D eigenvalue weighted by Crippen LogP contribution is -2.27. The molecule has 2 bridgehead atoms. The highest BCUT2D eigenvalue weighted by Gasteiger charge is 2.38. The van der Waals surface area contributed by atoms with Crippen molar-refractivity contribution >= 4 is 11.6 Å². The lowest BCUT2D eigenvalue weighted by atomic mass is 9.89. The maximum absolute atomic E-state index is 5.91. The third-order valence-electron chi connectivity index (χ3n) is 4.25. The van der Waals surface area contributed by atoms with Crippen LogP contribution in [0.1, 0.15) is 45.4 Å². The predicted molar refractivity (Wildman–Crippen MR) is 66.4 cm³/mol. The largest absolute Gasteiger partial charge is 0.316 e. The van der Waals surface area contributed by atoms with E-state index in [1.807, 2.05) is 0 Å². The minimum atomic E-state index is 0.342. The van der Waals surface area contributed by atoms with E-state index in [0.717, 1.165) is 30.7 Å². The van der Waals surface area contributed by atoms with E-state index in [1.165, 1.54) is 38.6 Å². The van der Waals surface area contributed by atoms with E-state index in [0.29, 0.717) is 5.38 Å². The molecule has 1 nitrogen and oxygen atoms in total. The van der Waals surface area contributed by atoms with Crippen molar-refractivity contribution in [2.45, 2.75) is 50.8 Å². The van der Waals surface area contributed by atoms with Gasteiger partial charge in [0.1, 0.15) is 0 Å². The molecule has 0 aromatic rings. The third kappa shape index (κ3) is 3.35. The Kier molecular flexibility index (Phi) is 4.33. The first-order chi connectivity index (χ1) is 7.25. The van der Waals surface area contributed by atoms with Crippen LogP contribution in [0.3, 0.4) is 0 Å². The predicted octanol–water partition coefficient (Wildman–Crippen LogP) is 3.42. The van der Waals surface area contributed by atoms with Gasteiger partial charge in [0.25, 0.3) is 0 Å². The van der Waals surface area contributed by atoms with Gasteiger partial charge in [-0.05, 0) is 69.9 Å². The third-order valence-corrected chi connectivity index (χ3v) is 4.46. The molecule has 4 unspecified atom stereocenters. The van der Waals surface area contributed by atoms with Crippen LogP contribution in [-0.4, -0.2) is 18.5 Å². The maximum Gasteiger partial charge on any atom is 0.0308 e. The molecular formula is C13H24ClN. The van der Waals surface area contributed by atoms with Crippen molar-refractivity contribution in [2.24, 2.45) is 17.8 Å². The minimum absolute atomic E-state index is 0.342. The summed E-state index contributed by atoms with van der Waals surface area (Å²) >= 11 is 5.91. The second-order valence-electron chi connectivity index (χ2n) is 5.56. The van der Waals surface area contributed by atoms with Crippen LogP contribution in [0.4, 0.5) is 0 Å². The zero-order valence-electron chi connectivity index (χ0n) is 9.84. The highest BCUT2D eigenvalue weighted by Crippen LogP contribution is 2.47. The average Bonchev–Trinajstić information content (AvgIpc) is 2.78. The molecule has 1 N–H and O–H groups in total. The number of fused-ring (bicyclic) bond motifs is 2. The highest BCUT2D eigenvalue weighted by molar-refractivity contribution is 6.20. The Morgan fingerprint density at radius 1 is 1.33 bits per heavy atom. The Morgan fingerprint density at radius 3 is 2.80 bits per heavy atom. The molecule has 0 amide bonds. The van der Waals surface area contributed by atoms with Gasteiger partial charge in [0.05, 0.1) is 0 Å². The first kappa shape index (κ1) is 11.7. The van der Waals surface area contributed by atoms with E-state index < -0.39 is 0 Å². The van der Waals surface area contributed by atoms with Crippen LogP contribution in [0.2, 0.25) is 0 Å². The lowest BCUT2D eigenvalue weighted by molar-refractivity contribution is 0.318. The van der Waals surface area contributed by atoms with Gasteiger partial charge in [-0.2, -0.15) is 0 Å². The Morgan fingerprint density at radius 2 is 2.20 bits per heavy atom. The fourth-order valence-electron chi connectivity index (χ4n) is 3.42. The second kappa shape index (κ2) is 5.54. The number of alkyl halides is 1. The summed E-state index contributed by atoms with van der Waals surface area (Å²) in [5.41, 5.74) is 0. The molecular weight excluding hydrogens is 206 g/mol. The fourth-order valence-corrected chi connectivity index (χ4v) is 3.58. The number of hydrogen-bond acceptors (Lipinski definition) is 1. The second-order valence-corrected chi connectivity index (χ2v) is 6.31. The van der Waals surface area contributed by atoms with Gasteiger partial charge in [0, 0.05) is 5.38 Å². The van der Waals surface area contributed by atoms with E-state index in [-0.39, 0.29) is 0 Å². The van der Waals surface area contributed by atoms with E-state index >= 15 is 0 Å². The van der Waals surface area contributed by atoms with Gasteiger partial charge in [-0.3, -0.25) is 0 Å². The SMILES string of the molecule is CC(Cl)CCCNCC1CC2CCC1C2. The molecule has 0 aliphatic heterocycles. The highest BCUT2D eigenvalue weighted by atomic mass is 35.5. The van der Waals surface area contributed by atoms with Crippen LogP contribution in [0.5, 0.6) is 0 Å². The van der Waals surface area contributed by atoms with E-state index in [9.17, 15) is 0 Å². The zero-order valence-corrected chi connectivity index (χ0v) is 10.6. The van der Waals surface area contributed by atoms with Crippen molar-refractivity contribution in [3.05, 3.63) is 0 Å². The Bertz CT molecular complexity index is 193. The number of rotatable bonds is 6. The van der Waals surface area contributed by atoms with Crippen molar-refractivity contribution in [1.82, 2.24) is 5.32 Å². The summed E-state index contributed by atoms with van der Waals surface area (Å²) in [6, 6.07) is 0. The molecule has 0 aromatic carbocycles. The molecule has 15 heavy (non-hydrogen) atoms. The summed E-state index contributed by atoms with van der Waals surface area (Å²) in [7, 11) is 0. The van der Waals surface area contributed by atoms with E-state index in [2.05, 4.69) is 12.2 Å². The van der Waals surface area contributed by atoms with Crippen molar-refractivity contribution in [2.75, 3.05) is 13.1 Å². The maximum atomic E-state index is 5.91. The normalized spacial score (nSPS) is 36.0. The van der Waals surface area contributed by atoms with Crippen LogP contribution >= 0.6 is 11.6 Å². The Labute approximate surface area is 99.0 Å². The molecule has 0 saturated heterocycles. The molecule has 0 radical (unpaired) electrons. The molecule has 2 aliphatic carbocycles. The quantitative estimate of drug-likeness (QED) is 0.544. The number of nitrogens with one attached hydrogen (secondary N) is 1. The molecule has 0 aromatic heterocycles. The van der Waals surface area contributed by atoms with Crippen molar-refractivity contribution in [1.29, 1.82) is 0 Å². The van der Waals surface area contributed by atoms with Gasteiger partial charge in [0.15, 0.2) is 0 Å². The van der Waals surface area contributed by atoms with Gasteiger partial charge in [0.2, 0.25) is 0 Å². The summed E-state index contributed by atoms with van der Waals surface area (Å²) in [5.74, 6) is 3.15. The van der Waals surface area contributed by atoms with Gasteiger partial charge < -0.3 is 5.32 Å². The Balaban J connectivity index is 1.51. The van der Waals surface area contributed by atoms with Crippen LogP contribution in [0, 0.1) is 17.8 Å². The molecule has 2 fully saturated rings. The molecule has 2 rings (SSSR count). The topological polar surface area (TPSA) is 12.0 Å². The van der Waals surface area contributed by atoms with Gasteiger partial charge in [-0.1, -0.05) is 6.42 Å². The molecule has 2 heteroatoms. The first-order valence-electron chi connectivity index (χ1n) is 6.60. The summed E-state index contributed by atoms with van der Waals surface area (Å²) in [6.07, 6.45) is 8.44.